The predicted octanol–water partition coefficient (Wildman–Crippen LogP) is 2.53. The molecule has 0 unspecified atom stereocenters. The Bertz CT molecular complexity index is 868. The molecule has 0 heterocycles. The second-order valence-electron chi connectivity index (χ2n) is 5.90. The van der Waals surface area contributed by atoms with Crippen LogP contribution in [0.5, 0.6) is 5.75 Å². The molecule has 8 heteroatoms. The molecule has 0 fully saturated rings. The largest absolute Gasteiger partial charge is 0.492 e. The lowest BCUT2D eigenvalue weighted by Gasteiger charge is -2.13. The van der Waals surface area contributed by atoms with Crippen LogP contribution in [-0.2, 0) is 16.3 Å². The highest BCUT2D eigenvalue weighted by Gasteiger charge is 2.06. The molecule has 0 bridgehead atoms. The first kappa shape index (κ1) is 21.1. The molecule has 0 aromatic heterocycles. The minimum absolute atomic E-state index is 0.275. The van der Waals surface area contributed by atoms with E-state index >= 15 is 0 Å². The minimum atomic E-state index is -3.19. The van der Waals surface area contributed by atoms with Crippen molar-refractivity contribution in [3.8, 4) is 5.75 Å². The number of halogens is 1. The van der Waals surface area contributed by atoms with Crippen molar-refractivity contribution in [3.63, 3.8) is 0 Å². The van der Waals surface area contributed by atoms with Crippen LogP contribution < -0.4 is 15.4 Å². The van der Waals surface area contributed by atoms with Crippen molar-refractivity contribution in [1.29, 1.82) is 0 Å². The van der Waals surface area contributed by atoms with Crippen molar-refractivity contribution in [2.75, 3.05) is 33.0 Å². The highest BCUT2D eigenvalue weighted by Crippen LogP contribution is 2.15. The van der Waals surface area contributed by atoms with Gasteiger partial charge < -0.3 is 15.4 Å². The van der Waals surface area contributed by atoms with Gasteiger partial charge in [-0.3, -0.25) is 4.99 Å². The van der Waals surface area contributed by atoms with Crippen LogP contribution in [0.25, 0.3) is 0 Å². The minimum Gasteiger partial charge on any atom is -0.492 e. The summed E-state index contributed by atoms with van der Waals surface area (Å²) >= 11 is 5.98. The Balaban J connectivity index is 1.68. The fourth-order valence-corrected chi connectivity index (χ4v) is 3.20. The van der Waals surface area contributed by atoms with Gasteiger partial charge in [0.15, 0.2) is 15.8 Å². The first-order valence-corrected chi connectivity index (χ1v) is 10.8. The lowest BCUT2D eigenvalue weighted by Crippen LogP contribution is -2.40. The van der Waals surface area contributed by atoms with Gasteiger partial charge in [0.1, 0.15) is 12.4 Å². The van der Waals surface area contributed by atoms with Gasteiger partial charge in [0.2, 0.25) is 0 Å². The predicted molar refractivity (Wildman–Crippen MR) is 110 cm³/mol. The molecule has 0 aliphatic heterocycles. The van der Waals surface area contributed by atoms with Crippen LogP contribution in [0.15, 0.2) is 58.4 Å². The topological polar surface area (TPSA) is 79.8 Å². The Morgan fingerprint density at radius 1 is 1.11 bits per heavy atom. The second-order valence-corrected chi connectivity index (χ2v) is 8.35. The average Bonchev–Trinajstić information content (AvgIpc) is 2.63. The zero-order chi connectivity index (χ0) is 19.7. The van der Waals surface area contributed by atoms with Gasteiger partial charge in [0, 0.05) is 24.9 Å². The smallest absolute Gasteiger partial charge is 0.191 e. The fraction of sp³-hybridized carbons (Fsp3) is 0.316. The van der Waals surface area contributed by atoms with Crippen LogP contribution in [0.2, 0.25) is 5.02 Å². The van der Waals surface area contributed by atoms with E-state index < -0.39 is 9.84 Å². The fourth-order valence-electron chi connectivity index (χ4n) is 2.36. The first-order chi connectivity index (χ1) is 12.9. The molecule has 0 saturated carbocycles. The van der Waals surface area contributed by atoms with Crippen molar-refractivity contribution >= 4 is 27.4 Å². The third kappa shape index (κ3) is 7.48. The average molecular weight is 410 g/mol. The van der Waals surface area contributed by atoms with Crippen molar-refractivity contribution in [3.05, 3.63) is 59.1 Å². The summed E-state index contributed by atoms with van der Waals surface area (Å²) in [6.45, 7) is 1.71. The number of nitrogens with zero attached hydrogens (tertiary/aromatic N) is 1. The highest BCUT2D eigenvalue weighted by molar-refractivity contribution is 7.90. The Morgan fingerprint density at radius 3 is 2.44 bits per heavy atom. The van der Waals surface area contributed by atoms with E-state index in [1.807, 2.05) is 24.3 Å². The summed E-state index contributed by atoms with van der Waals surface area (Å²) in [7, 11) is -1.48. The van der Waals surface area contributed by atoms with Gasteiger partial charge in [-0.1, -0.05) is 23.7 Å². The van der Waals surface area contributed by atoms with Crippen LogP contribution >= 0.6 is 11.6 Å². The number of hydrogen-bond donors (Lipinski definition) is 2. The zero-order valence-corrected chi connectivity index (χ0v) is 17.0. The number of benzene rings is 2. The number of nitrogens with one attached hydrogen (secondary N) is 2. The maximum atomic E-state index is 11.4. The number of sulfone groups is 1. The molecule has 146 valence electrons. The number of hydrogen-bond acceptors (Lipinski definition) is 4. The lowest BCUT2D eigenvalue weighted by molar-refractivity contribution is 0.321. The number of guanidine groups is 1. The van der Waals surface area contributed by atoms with Crippen molar-refractivity contribution < 1.29 is 13.2 Å². The molecule has 0 aliphatic carbocycles. The summed E-state index contributed by atoms with van der Waals surface area (Å²) in [5, 5.41) is 7.13. The van der Waals surface area contributed by atoms with Crippen LogP contribution in [0.1, 0.15) is 5.56 Å². The Morgan fingerprint density at radius 2 is 1.81 bits per heavy atom. The van der Waals surface area contributed by atoms with Gasteiger partial charge >= 0.3 is 0 Å². The van der Waals surface area contributed by atoms with Crippen molar-refractivity contribution in [2.45, 2.75) is 11.3 Å². The van der Waals surface area contributed by atoms with Gasteiger partial charge in [-0.15, -0.1) is 0 Å². The monoisotopic (exact) mass is 409 g/mol. The maximum absolute atomic E-state index is 11.4. The van der Waals surface area contributed by atoms with Crippen LogP contribution in [0.3, 0.4) is 0 Å². The summed E-state index contributed by atoms with van der Waals surface area (Å²) in [6, 6.07) is 14.1. The second kappa shape index (κ2) is 10.2. The maximum Gasteiger partial charge on any atom is 0.191 e. The van der Waals surface area contributed by atoms with E-state index in [1.54, 1.807) is 19.2 Å². The molecular weight excluding hydrogens is 386 g/mol. The van der Waals surface area contributed by atoms with Crippen molar-refractivity contribution in [2.24, 2.45) is 4.99 Å². The molecule has 2 N–H and O–H groups in total. The molecule has 2 aromatic rings. The normalized spacial score (nSPS) is 11.9. The quantitative estimate of drug-likeness (QED) is 0.398. The molecule has 0 atom stereocenters. The van der Waals surface area contributed by atoms with E-state index in [2.05, 4.69) is 15.6 Å². The molecule has 0 spiro atoms. The van der Waals surface area contributed by atoms with E-state index in [4.69, 9.17) is 16.3 Å². The van der Waals surface area contributed by atoms with Gasteiger partial charge in [-0.05, 0) is 48.4 Å². The number of aliphatic imine (C=N–C) groups is 1. The summed E-state index contributed by atoms with van der Waals surface area (Å²) in [6.07, 6.45) is 2.02. The summed E-state index contributed by atoms with van der Waals surface area (Å²) < 4.78 is 28.5. The molecular formula is C19H24ClN3O3S. The van der Waals surface area contributed by atoms with Crippen molar-refractivity contribution in [1.82, 2.24) is 10.6 Å². The van der Waals surface area contributed by atoms with Gasteiger partial charge in [0.25, 0.3) is 0 Å². The number of ether oxygens (including phenoxy) is 1. The first-order valence-electron chi connectivity index (χ1n) is 8.50. The van der Waals surface area contributed by atoms with E-state index in [9.17, 15) is 8.42 Å². The van der Waals surface area contributed by atoms with E-state index in [0.29, 0.717) is 24.9 Å². The Labute approximate surface area is 165 Å². The van der Waals surface area contributed by atoms with Gasteiger partial charge in [-0.25, -0.2) is 8.42 Å². The standard InChI is InChI=1S/C19H24ClN3O3S/c1-21-19(22-11-10-15-4-3-5-16(20)14-15)23-12-13-26-17-6-8-18(9-7-17)27(2,24)25/h3-9,14H,10-13H2,1-2H3,(H2,21,22,23). The molecule has 27 heavy (non-hydrogen) atoms. The van der Waals surface area contributed by atoms with Crippen LogP contribution in [0, 0.1) is 0 Å². The SMILES string of the molecule is CN=C(NCCOc1ccc(S(C)(=O)=O)cc1)NCCc1cccc(Cl)c1. The highest BCUT2D eigenvalue weighted by atomic mass is 35.5. The van der Waals surface area contributed by atoms with Crippen LogP contribution in [-0.4, -0.2) is 47.4 Å². The molecule has 0 amide bonds. The van der Waals surface area contributed by atoms with E-state index in [1.165, 1.54) is 18.4 Å². The Hall–Kier alpha value is -2.25. The van der Waals surface area contributed by atoms with Gasteiger partial charge in [-0.2, -0.15) is 0 Å². The van der Waals surface area contributed by atoms with E-state index in [0.717, 1.165) is 23.6 Å². The molecule has 2 aromatic carbocycles. The summed E-state index contributed by atoms with van der Waals surface area (Å²) in [5.41, 5.74) is 1.16. The van der Waals surface area contributed by atoms with E-state index in [-0.39, 0.29) is 4.90 Å². The molecule has 2 rings (SSSR count). The molecule has 6 nitrogen and oxygen atoms in total. The summed E-state index contributed by atoms with van der Waals surface area (Å²) in [4.78, 5) is 4.44. The summed E-state index contributed by atoms with van der Waals surface area (Å²) in [5.74, 6) is 1.31. The Kier molecular flexibility index (Phi) is 7.94. The molecule has 0 saturated heterocycles. The molecule has 0 radical (unpaired) electrons. The third-order valence-electron chi connectivity index (χ3n) is 3.73. The van der Waals surface area contributed by atoms with Crippen LogP contribution in [0.4, 0.5) is 0 Å². The third-order valence-corrected chi connectivity index (χ3v) is 5.10. The molecule has 0 aliphatic rings. The van der Waals surface area contributed by atoms with Gasteiger partial charge in [0.05, 0.1) is 11.4 Å². The number of rotatable bonds is 8. The lowest BCUT2D eigenvalue weighted by atomic mass is 10.1. The zero-order valence-electron chi connectivity index (χ0n) is 15.4.